The van der Waals surface area contributed by atoms with Crippen LogP contribution < -0.4 is 15.4 Å². The molecule has 1 amide bonds. The Labute approximate surface area is 113 Å². The summed E-state index contributed by atoms with van der Waals surface area (Å²) < 4.78 is 46.9. The number of ether oxygens (including phenoxy) is 2. The summed E-state index contributed by atoms with van der Waals surface area (Å²) in [6.45, 7) is -1.78. The molecule has 0 radical (unpaired) electrons. The van der Waals surface area contributed by atoms with E-state index in [0.29, 0.717) is 19.7 Å². The van der Waals surface area contributed by atoms with Gasteiger partial charge in [-0.3, -0.25) is 4.79 Å². The van der Waals surface area contributed by atoms with Gasteiger partial charge in [0.1, 0.15) is 11.9 Å². The lowest BCUT2D eigenvalue weighted by Crippen LogP contribution is -2.45. The molecule has 2 rings (SSSR count). The van der Waals surface area contributed by atoms with Crippen LogP contribution in [0.4, 0.5) is 18.9 Å². The number of amides is 1. The third kappa shape index (κ3) is 3.84. The van der Waals surface area contributed by atoms with E-state index in [0.717, 1.165) is 18.2 Å². The molecule has 1 heterocycles. The number of hydrogen-bond acceptors (Lipinski definition) is 4. The summed E-state index contributed by atoms with van der Waals surface area (Å²) in [6.07, 6.45) is -0.729. The highest BCUT2D eigenvalue weighted by Crippen LogP contribution is 2.27. The van der Waals surface area contributed by atoms with Crippen LogP contribution in [0.15, 0.2) is 18.2 Å². The standard InChI is InChI=1S/C12H13F3N2O3/c13-7-1-2-8(9(5-7)20-12(14)15)17-11(18)10-6-16-3-4-19-10/h1-2,5,10,12,16H,3-4,6H2,(H,17,18). The number of nitrogens with one attached hydrogen (secondary N) is 2. The SMILES string of the molecule is O=C(Nc1ccc(F)cc1OC(F)F)C1CNCCO1. The zero-order valence-electron chi connectivity index (χ0n) is 10.4. The maximum absolute atomic E-state index is 13.0. The monoisotopic (exact) mass is 290 g/mol. The lowest BCUT2D eigenvalue weighted by Gasteiger charge is -2.23. The van der Waals surface area contributed by atoms with Gasteiger partial charge in [-0.05, 0) is 12.1 Å². The smallest absolute Gasteiger partial charge is 0.387 e. The van der Waals surface area contributed by atoms with E-state index in [2.05, 4.69) is 15.4 Å². The third-order valence-electron chi connectivity index (χ3n) is 2.64. The number of benzene rings is 1. The molecule has 8 heteroatoms. The number of halogens is 3. The number of hydrogen-bond donors (Lipinski definition) is 2. The fraction of sp³-hybridized carbons (Fsp3) is 0.417. The third-order valence-corrected chi connectivity index (χ3v) is 2.64. The maximum Gasteiger partial charge on any atom is 0.387 e. The van der Waals surface area contributed by atoms with Crippen LogP contribution in [0.5, 0.6) is 5.75 Å². The van der Waals surface area contributed by atoms with Crippen LogP contribution in [0.1, 0.15) is 0 Å². The van der Waals surface area contributed by atoms with E-state index in [1.54, 1.807) is 0 Å². The predicted octanol–water partition coefficient (Wildman–Crippen LogP) is 1.35. The molecule has 1 aliphatic rings. The molecule has 20 heavy (non-hydrogen) atoms. The quantitative estimate of drug-likeness (QED) is 0.879. The zero-order chi connectivity index (χ0) is 14.5. The summed E-state index contributed by atoms with van der Waals surface area (Å²) in [5.41, 5.74) is -0.0362. The number of carbonyl (C=O) groups excluding carboxylic acids is 1. The number of anilines is 1. The Morgan fingerprint density at radius 1 is 1.50 bits per heavy atom. The molecule has 1 aromatic rings. The number of alkyl halides is 2. The molecular weight excluding hydrogens is 277 g/mol. The normalized spacial score (nSPS) is 18.9. The Balaban J connectivity index is 2.09. The lowest BCUT2D eigenvalue weighted by atomic mass is 10.2. The molecule has 0 bridgehead atoms. The Hall–Kier alpha value is -1.80. The van der Waals surface area contributed by atoms with E-state index >= 15 is 0 Å². The summed E-state index contributed by atoms with van der Waals surface area (Å²) in [6, 6.07) is 2.97. The molecule has 1 aliphatic heterocycles. The van der Waals surface area contributed by atoms with E-state index in [9.17, 15) is 18.0 Å². The second kappa shape index (κ2) is 6.58. The minimum absolute atomic E-state index is 0.0362. The van der Waals surface area contributed by atoms with Gasteiger partial charge in [-0.25, -0.2) is 4.39 Å². The minimum atomic E-state index is -3.11. The predicted molar refractivity (Wildman–Crippen MR) is 64.3 cm³/mol. The van der Waals surface area contributed by atoms with E-state index < -0.39 is 30.2 Å². The summed E-state index contributed by atoms with van der Waals surface area (Å²) >= 11 is 0. The van der Waals surface area contributed by atoms with Gasteiger partial charge in [0, 0.05) is 19.2 Å². The van der Waals surface area contributed by atoms with Gasteiger partial charge in [0.2, 0.25) is 0 Å². The largest absolute Gasteiger partial charge is 0.432 e. The average molecular weight is 290 g/mol. The highest BCUT2D eigenvalue weighted by molar-refractivity contribution is 5.95. The fourth-order valence-corrected chi connectivity index (χ4v) is 1.74. The first-order chi connectivity index (χ1) is 9.56. The Bertz CT molecular complexity index is 479. The highest BCUT2D eigenvalue weighted by Gasteiger charge is 2.23. The van der Waals surface area contributed by atoms with Crippen molar-refractivity contribution in [1.29, 1.82) is 0 Å². The van der Waals surface area contributed by atoms with Gasteiger partial charge in [0.15, 0.2) is 5.75 Å². The van der Waals surface area contributed by atoms with Crippen molar-refractivity contribution >= 4 is 11.6 Å². The Kier molecular flexibility index (Phi) is 4.80. The Morgan fingerprint density at radius 2 is 2.30 bits per heavy atom. The van der Waals surface area contributed by atoms with Crippen molar-refractivity contribution in [2.75, 3.05) is 25.0 Å². The van der Waals surface area contributed by atoms with E-state index in [1.807, 2.05) is 0 Å². The summed E-state index contributed by atoms with van der Waals surface area (Å²) in [5, 5.41) is 5.34. The average Bonchev–Trinajstić information content (AvgIpc) is 2.42. The van der Waals surface area contributed by atoms with Gasteiger partial charge >= 0.3 is 6.61 Å². The highest BCUT2D eigenvalue weighted by atomic mass is 19.3. The molecule has 5 nitrogen and oxygen atoms in total. The maximum atomic E-state index is 13.0. The topological polar surface area (TPSA) is 59.6 Å². The minimum Gasteiger partial charge on any atom is -0.432 e. The molecule has 1 aromatic carbocycles. The first-order valence-electron chi connectivity index (χ1n) is 5.94. The van der Waals surface area contributed by atoms with Gasteiger partial charge in [0.25, 0.3) is 5.91 Å². The van der Waals surface area contributed by atoms with Crippen LogP contribution in [-0.4, -0.2) is 38.3 Å². The van der Waals surface area contributed by atoms with E-state index in [4.69, 9.17) is 4.74 Å². The van der Waals surface area contributed by atoms with Crippen LogP contribution in [0.25, 0.3) is 0 Å². The van der Waals surface area contributed by atoms with Crippen molar-refractivity contribution in [3.05, 3.63) is 24.0 Å². The Morgan fingerprint density at radius 3 is 2.95 bits per heavy atom. The van der Waals surface area contributed by atoms with E-state index in [1.165, 1.54) is 0 Å². The van der Waals surface area contributed by atoms with Crippen molar-refractivity contribution in [2.24, 2.45) is 0 Å². The van der Waals surface area contributed by atoms with Crippen molar-refractivity contribution in [2.45, 2.75) is 12.7 Å². The molecule has 110 valence electrons. The second-order valence-corrected chi connectivity index (χ2v) is 4.07. The summed E-state index contributed by atoms with van der Waals surface area (Å²) in [4.78, 5) is 11.9. The van der Waals surface area contributed by atoms with Gasteiger partial charge in [-0.1, -0.05) is 0 Å². The molecule has 1 saturated heterocycles. The van der Waals surface area contributed by atoms with Crippen LogP contribution in [-0.2, 0) is 9.53 Å². The first-order valence-corrected chi connectivity index (χ1v) is 5.94. The molecule has 0 spiro atoms. The zero-order valence-corrected chi connectivity index (χ0v) is 10.4. The number of morpholine rings is 1. The number of rotatable bonds is 4. The van der Waals surface area contributed by atoms with Gasteiger partial charge in [0.05, 0.1) is 12.3 Å². The number of carbonyl (C=O) groups is 1. The first kappa shape index (κ1) is 14.6. The van der Waals surface area contributed by atoms with Crippen LogP contribution in [0.3, 0.4) is 0 Å². The van der Waals surface area contributed by atoms with Crippen molar-refractivity contribution < 1.29 is 27.4 Å². The van der Waals surface area contributed by atoms with Gasteiger partial charge < -0.3 is 20.1 Å². The van der Waals surface area contributed by atoms with Crippen LogP contribution in [0, 0.1) is 5.82 Å². The molecule has 1 fully saturated rings. The van der Waals surface area contributed by atoms with Crippen molar-refractivity contribution in [1.82, 2.24) is 5.32 Å². The molecule has 0 saturated carbocycles. The fourth-order valence-electron chi connectivity index (χ4n) is 1.74. The second-order valence-electron chi connectivity index (χ2n) is 4.07. The molecular formula is C12H13F3N2O3. The summed E-state index contributed by atoms with van der Waals surface area (Å²) in [5.74, 6) is -1.69. The van der Waals surface area contributed by atoms with Crippen molar-refractivity contribution in [3.8, 4) is 5.75 Å². The van der Waals surface area contributed by atoms with Crippen LogP contribution in [0.2, 0.25) is 0 Å². The molecule has 0 aromatic heterocycles. The van der Waals surface area contributed by atoms with Crippen LogP contribution >= 0.6 is 0 Å². The molecule has 1 unspecified atom stereocenters. The molecule has 2 N–H and O–H groups in total. The van der Waals surface area contributed by atoms with Gasteiger partial charge in [-0.15, -0.1) is 0 Å². The lowest BCUT2D eigenvalue weighted by molar-refractivity contribution is -0.128. The molecule has 0 aliphatic carbocycles. The summed E-state index contributed by atoms with van der Waals surface area (Å²) in [7, 11) is 0. The van der Waals surface area contributed by atoms with Crippen molar-refractivity contribution in [3.63, 3.8) is 0 Å². The molecule has 1 atom stereocenters. The van der Waals surface area contributed by atoms with Gasteiger partial charge in [-0.2, -0.15) is 8.78 Å². The van der Waals surface area contributed by atoms with E-state index in [-0.39, 0.29) is 5.69 Å².